The van der Waals surface area contributed by atoms with E-state index in [4.69, 9.17) is 4.74 Å². The van der Waals surface area contributed by atoms with Crippen LogP contribution in [0.5, 0.6) is 0 Å². The summed E-state index contributed by atoms with van der Waals surface area (Å²) in [6.07, 6.45) is 0. The van der Waals surface area contributed by atoms with Crippen molar-refractivity contribution < 1.29 is 9.53 Å². The number of benzene rings is 1. The van der Waals surface area contributed by atoms with E-state index >= 15 is 0 Å². The topological polar surface area (TPSA) is 89.0 Å². The highest BCUT2D eigenvalue weighted by Gasteiger charge is 2.27. The maximum absolute atomic E-state index is 12.1. The van der Waals surface area contributed by atoms with E-state index in [0.717, 1.165) is 5.56 Å². The van der Waals surface area contributed by atoms with Crippen LogP contribution in [0.4, 0.5) is 5.69 Å². The Morgan fingerprint density at radius 2 is 2.00 bits per heavy atom. The fraction of sp³-hybridized carbons (Fsp3) is 0.400. The van der Waals surface area contributed by atoms with E-state index in [2.05, 4.69) is 15.5 Å². The number of carbonyl (C=O) groups excluding carboxylic acids is 1. The molecule has 0 aliphatic carbocycles. The highest BCUT2D eigenvalue weighted by Crippen LogP contribution is 2.19. The Hall–Kier alpha value is -2.41. The number of H-pyrrole nitrogens is 1. The van der Waals surface area contributed by atoms with Gasteiger partial charge in [0.1, 0.15) is 5.60 Å². The number of ether oxygens (including phenoxy) is 1. The van der Waals surface area contributed by atoms with Crippen molar-refractivity contribution in [2.24, 2.45) is 7.05 Å². The molecule has 0 atom stereocenters. The van der Waals surface area contributed by atoms with Gasteiger partial charge in [0, 0.05) is 24.9 Å². The maximum atomic E-state index is 12.1. The van der Waals surface area contributed by atoms with Crippen molar-refractivity contribution in [2.75, 3.05) is 11.9 Å². The number of nitrogens with zero attached hydrogens (tertiary/aromatic N) is 2. The third-order valence-corrected chi connectivity index (χ3v) is 3.33. The van der Waals surface area contributed by atoms with Crippen LogP contribution in [0.25, 0.3) is 11.4 Å². The first-order valence-corrected chi connectivity index (χ1v) is 7.02. The van der Waals surface area contributed by atoms with Crippen molar-refractivity contribution in [3.8, 4) is 11.4 Å². The summed E-state index contributed by atoms with van der Waals surface area (Å²) in [4.78, 5) is 23.5. The third-order valence-electron chi connectivity index (χ3n) is 3.33. The summed E-state index contributed by atoms with van der Waals surface area (Å²) >= 11 is 0. The molecule has 1 amide bonds. The van der Waals surface area contributed by atoms with Crippen molar-refractivity contribution in [3.63, 3.8) is 0 Å². The van der Waals surface area contributed by atoms with E-state index in [1.165, 1.54) is 4.57 Å². The Balaban J connectivity index is 2.14. The molecule has 2 rings (SSSR count). The number of hydrogen-bond donors (Lipinski definition) is 2. The summed E-state index contributed by atoms with van der Waals surface area (Å²) in [7, 11) is 1.64. The molecule has 0 aliphatic heterocycles. The summed E-state index contributed by atoms with van der Waals surface area (Å²) in [5, 5.41) is 9.15. The van der Waals surface area contributed by atoms with Crippen LogP contribution in [0.2, 0.25) is 0 Å². The molecule has 0 fully saturated rings. The lowest BCUT2D eigenvalue weighted by atomic mass is 10.1. The van der Waals surface area contributed by atoms with Gasteiger partial charge in [0.05, 0.1) is 0 Å². The fourth-order valence-corrected chi connectivity index (χ4v) is 2.02. The molecule has 0 unspecified atom stereocenters. The zero-order valence-electron chi connectivity index (χ0n) is 13.1. The van der Waals surface area contributed by atoms with Crippen molar-refractivity contribution in [3.05, 3.63) is 34.7 Å². The standard InChI is InChI=1S/C15H20N4O3/c1-5-22-15(2,3)13(20)16-11-8-6-10(7-9-11)12-17-18-14(21)19(12)4/h6-9H,5H2,1-4H3,(H,16,20)(H,18,21). The van der Waals surface area contributed by atoms with Crippen LogP contribution in [0.15, 0.2) is 29.1 Å². The normalized spacial score (nSPS) is 11.5. The molecule has 2 aromatic rings. The zero-order chi connectivity index (χ0) is 16.3. The Morgan fingerprint density at radius 1 is 1.36 bits per heavy atom. The maximum Gasteiger partial charge on any atom is 0.343 e. The van der Waals surface area contributed by atoms with Gasteiger partial charge in [-0.1, -0.05) is 0 Å². The molecule has 22 heavy (non-hydrogen) atoms. The third kappa shape index (κ3) is 3.25. The summed E-state index contributed by atoms with van der Waals surface area (Å²) in [5.74, 6) is 0.326. The lowest BCUT2D eigenvalue weighted by molar-refractivity contribution is -0.136. The number of carbonyl (C=O) groups is 1. The Bertz CT molecular complexity index is 713. The van der Waals surface area contributed by atoms with Crippen LogP contribution in [-0.4, -0.2) is 32.9 Å². The number of aromatic nitrogens is 3. The van der Waals surface area contributed by atoms with Crippen LogP contribution in [-0.2, 0) is 16.6 Å². The summed E-state index contributed by atoms with van der Waals surface area (Å²) in [6.45, 7) is 5.75. The Labute approximate surface area is 128 Å². The molecule has 2 N–H and O–H groups in total. The summed E-state index contributed by atoms with van der Waals surface area (Å²) in [6, 6.07) is 7.10. The molecule has 118 valence electrons. The number of aromatic amines is 1. The number of anilines is 1. The van der Waals surface area contributed by atoms with Gasteiger partial charge in [-0.2, -0.15) is 5.10 Å². The number of amides is 1. The molecule has 0 saturated heterocycles. The molecule has 0 spiro atoms. The molecule has 0 saturated carbocycles. The summed E-state index contributed by atoms with van der Waals surface area (Å²) < 4.78 is 6.83. The second-order valence-corrected chi connectivity index (χ2v) is 5.39. The average Bonchev–Trinajstić information content (AvgIpc) is 2.80. The average molecular weight is 304 g/mol. The van der Waals surface area contributed by atoms with Gasteiger partial charge in [-0.25, -0.2) is 9.89 Å². The van der Waals surface area contributed by atoms with Crippen LogP contribution >= 0.6 is 0 Å². The minimum atomic E-state index is -0.889. The Kier molecular flexibility index (Phi) is 4.46. The van der Waals surface area contributed by atoms with Crippen LogP contribution in [0.1, 0.15) is 20.8 Å². The van der Waals surface area contributed by atoms with Gasteiger partial charge in [-0.3, -0.25) is 9.36 Å². The van der Waals surface area contributed by atoms with Gasteiger partial charge in [0.25, 0.3) is 5.91 Å². The van der Waals surface area contributed by atoms with Gasteiger partial charge < -0.3 is 10.1 Å². The molecule has 1 heterocycles. The second kappa shape index (κ2) is 6.15. The lowest BCUT2D eigenvalue weighted by Gasteiger charge is -2.23. The van der Waals surface area contributed by atoms with Crippen LogP contribution in [0, 0.1) is 0 Å². The van der Waals surface area contributed by atoms with Crippen molar-refractivity contribution in [1.82, 2.24) is 14.8 Å². The molecule has 7 nitrogen and oxygen atoms in total. The SMILES string of the molecule is CCOC(C)(C)C(=O)Nc1ccc(-c2n[nH]c(=O)n2C)cc1. The molecular weight excluding hydrogens is 284 g/mol. The van der Waals surface area contributed by atoms with Crippen molar-refractivity contribution in [2.45, 2.75) is 26.4 Å². The quantitative estimate of drug-likeness (QED) is 0.876. The lowest BCUT2D eigenvalue weighted by Crippen LogP contribution is -2.39. The molecule has 1 aromatic carbocycles. The Morgan fingerprint density at radius 3 is 2.50 bits per heavy atom. The van der Waals surface area contributed by atoms with Gasteiger partial charge in [-0.15, -0.1) is 0 Å². The highest BCUT2D eigenvalue weighted by atomic mass is 16.5. The molecule has 0 bridgehead atoms. The summed E-state index contributed by atoms with van der Waals surface area (Å²) in [5.41, 5.74) is 0.273. The molecule has 0 aliphatic rings. The van der Waals surface area contributed by atoms with Crippen molar-refractivity contribution >= 4 is 11.6 Å². The van der Waals surface area contributed by atoms with Gasteiger partial charge in [0.15, 0.2) is 5.82 Å². The van der Waals surface area contributed by atoms with Gasteiger partial charge in [0.2, 0.25) is 0 Å². The minimum absolute atomic E-state index is 0.214. The zero-order valence-corrected chi connectivity index (χ0v) is 13.1. The predicted octanol–water partition coefficient (Wildman–Crippen LogP) is 1.53. The van der Waals surface area contributed by atoms with E-state index in [1.54, 1.807) is 45.2 Å². The van der Waals surface area contributed by atoms with E-state index < -0.39 is 5.60 Å². The monoisotopic (exact) mass is 304 g/mol. The van der Waals surface area contributed by atoms with Crippen molar-refractivity contribution in [1.29, 1.82) is 0 Å². The first-order chi connectivity index (χ1) is 10.3. The van der Waals surface area contributed by atoms with Crippen LogP contribution < -0.4 is 11.0 Å². The highest BCUT2D eigenvalue weighted by molar-refractivity contribution is 5.96. The predicted molar refractivity (Wildman–Crippen MR) is 83.6 cm³/mol. The minimum Gasteiger partial charge on any atom is -0.366 e. The van der Waals surface area contributed by atoms with Gasteiger partial charge in [-0.05, 0) is 45.0 Å². The largest absolute Gasteiger partial charge is 0.366 e. The molecule has 0 radical (unpaired) electrons. The first-order valence-electron chi connectivity index (χ1n) is 7.02. The molecular formula is C15H20N4O3. The second-order valence-electron chi connectivity index (χ2n) is 5.39. The van der Waals surface area contributed by atoms with E-state index in [0.29, 0.717) is 18.1 Å². The smallest absolute Gasteiger partial charge is 0.343 e. The first kappa shape index (κ1) is 16.0. The molecule has 1 aromatic heterocycles. The number of hydrogen-bond acceptors (Lipinski definition) is 4. The molecule has 7 heteroatoms. The number of nitrogens with one attached hydrogen (secondary N) is 2. The van der Waals surface area contributed by atoms with Crippen LogP contribution in [0.3, 0.4) is 0 Å². The van der Waals surface area contributed by atoms with E-state index in [1.807, 2.05) is 6.92 Å². The van der Waals surface area contributed by atoms with Gasteiger partial charge >= 0.3 is 5.69 Å². The van der Waals surface area contributed by atoms with E-state index in [9.17, 15) is 9.59 Å². The fourth-order valence-electron chi connectivity index (χ4n) is 2.02. The van der Waals surface area contributed by atoms with E-state index in [-0.39, 0.29) is 11.6 Å². The number of rotatable bonds is 5.